The molecule has 0 radical (unpaired) electrons. The molecule has 2 atom stereocenters. The summed E-state index contributed by atoms with van der Waals surface area (Å²) >= 11 is 3.68. The summed E-state index contributed by atoms with van der Waals surface area (Å²) in [6, 6.07) is 9.17. The van der Waals surface area contributed by atoms with E-state index < -0.39 is 0 Å². The van der Waals surface area contributed by atoms with Crippen LogP contribution in [0.15, 0.2) is 28.7 Å². The zero-order valence-electron chi connectivity index (χ0n) is 14.4. The lowest BCUT2D eigenvalue weighted by Crippen LogP contribution is -2.34. The Labute approximate surface area is 140 Å². The van der Waals surface area contributed by atoms with Gasteiger partial charge in [0.05, 0.1) is 0 Å². The topological polar surface area (TPSA) is 12.0 Å². The maximum Gasteiger partial charge on any atom is 0.0207 e. The van der Waals surface area contributed by atoms with Crippen LogP contribution in [0.4, 0.5) is 0 Å². The van der Waals surface area contributed by atoms with Gasteiger partial charge in [0.15, 0.2) is 0 Å². The normalized spacial score (nSPS) is 15.0. The molecule has 1 nitrogen and oxygen atoms in total. The van der Waals surface area contributed by atoms with Gasteiger partial charge in [0.2, 0.25) is 0 Å². The van der Waals surface area contributed by atoms with Gasteiger partial charge in [-0.2, -0.15) is 0 Å². The lowest BCUT2D eigenvalue weighted by Gasteiger charge is -2.27. The molecule has 0 amide bonds. The van der Waals surface area contributed by atoms with Gasteiger partial charge in [0.1, 0.15) is 0 Å². The molecule has 1 aromatic carbocycles. The zero-order valence-corrected chi connectivity index (χ0v) is 16.0. The molecule has 21 heavy (non-hydrogen) atoms. The van der Waals surface area contributed by atoms with Crippen molar-refractivity contribution in [1.29, 1.82) is 0 Å². The van der Waals surface area contributed by atoms with E-state index in [1.165, 1.54) is 29.3 Å². The summed E-state index contributed by atoms with van der Waals surface area (Å²) in [5, 5.41) is 3.74. The van der Waals surface area contributed by atoms with Gasteiger partial charge in [0.25, 0.3) is 0 Å². The molecule has 0 heterocycles. The molecule has 0 spiro atoms. The van der Waals surface area contributed by atoms with E-state index in [1.807, 2.05) is 0 Å². The first-order chi connectivity index (χ1) is 9.81. The Balaban J connectivity index is 2.65. The lowest BCUT2D eigenvalue weighted by atomic mass is 9.82. The molecule has 1 rings (SSSR count). The third-order valence-corrected chi connectivity index (χ3v) is 4.53. The number of halogens is 1. The molecular weight excluding hydrogens is 322 g/mol. The van der Waals surface area contributed by atoms with Gasteiger partial charge in [-0.15, -0.1) is 0 Å². The molecule has 1 N–H and O–H groups in total. The van der Waals surface area contributed by atoms with Crippen LogP contribution in [0.3, 0.4) is 0 Å². The highest BCUT2D eigenvalue weighted by molar-refractivity contribution is 9.10. The Bertz CT molecular complexity index is 408. The monoisotopic (exact) mass is 353 g/mol. The predicted molar refractivity (Wildman–Crippen MR) is 97.8 cm³/mol. The molecule has 0 aliphatic rings. The van der Waals surface area contributed by atoms with Crippen LogP contribution in [0.25, 0.3) is 0 Å². The van der Waals surface area contributed by atoms with Crippen molar-refractivity contribution in [1.82, 2.24) is 5.32 Å². The molecule has 1 aromatic rings. The van der Waals surface area contributed by atoms with Crippen LogP contribution in [-0.2, 0) is 6.42 Å². The van der Waals surface area contributed by atoms with E-state index in [1.54, 1.807) is 0 Å². The third kappa shape index (κ3) is 8.01. The zero-order chi connectivity index (χ0) is 15.9. The van der Waals surface area contributed by atoms with Crippen molar-refractivity contribution in [2.45, 2.75) is 66.3 Å². The summed E-state index contributed by atoms with van der Waals surface area (Å²) in [5.41, 5.74) is 1.83. The van der Waals surface area contributed by atoms with Gasteiger partial charge in [-0.3, -0.25) is 0 Å². The highest BCUT2D eigenvalue weighted by Gasteiger charge is 2.19. The SMILES string of the molecule is CCCNC(Cc1ccccc1Br)CC(C)CC(C)(C)C. The molecule has 0 aromatic heterocycles. The third-order valence-electron chi connectivity index (χ3n) is 3.75. The summed E-state index contributed by atoms with van der Waals surface area (Å²) in [5.74, 6) is 0.752. The number of rotatable bonds is 8. The molecule has 0 saturated heterocycles. The molecule has 2 heteroatoms. The Morgan fingerprint density at radius 2 is 1.86 bits per heavy atom. The first-order valence-electron chi connectivity index (χ1n) is 8.28. The number of hydrogen-bond donors (Lipinski definition) is 1. The Morgan fingerprint density at radius 1 is 1.19 bits per heavy atom. The summed E-state index contributed by atoms with van der Waals surface area (Å²) in [7, 11) is 0. The van der Waals surface area contributed by atoms with Crippen LogP contribution in [0, 0.1) is 11.3 Å². The van der Waals surface area contributed by atoms with Gasteiger partial charge in [-0.25, -0.2) is 0 Å². The molecule has 2 unspecified atom stereocenters. The Kier molecular flexibility index (Phi) is 7.97. The number of benzene rings is 1. The van der Waals surface area contributed by atoms with Crippen LogP contribution < -0.4 is 5.32 Å². The molecular formula is C19H32BrN. The summed E-state index contributed by atoms with van der Waals surface area (Å²) in [4.78, 5) is 0. The smallest absolute Gasteiger partial charge is 0.0207 e. The van der Waals surface area contributed by atoms with Gasteiger partial charge >= 0.3 is 0 Å². The quantitative estimate of drug-likeness (QED) is 0.620. The molecule has 0 aliphatic carbocycles. The fourth-order valence-electron chi connectivity index (χ4n) is 3.13. The fraction of sp³-hybridized carbons (Fsp3) is 0.684. The van der Waals surface area contributed by atoms with Crippen LogP contribution in [0.5, 0.6) is 0 Å². The molecule has 0 bridgehead atoms. The van der Waals surface area contributed by atoms with Crippen LogP contribution in [0.1, 0.15) is 59.4 Å². The minimum absolute atomic E-state index is 0.419. The molecule has 120 valence electrons. The average molecular weight is 354 g/mol. The first kappa shape index (κ1) is 18.7. The van der Waals surface area contributed by atoms with Crippen molar-refractivity contribution in [3.8, 4) is 0 Å². The minimum Gasteiger partial charge on any atom is -0.314 e. The average Bonchev–Trinajstić information content (AvgIpc) is 2.36. The lowest BCUT2D eigenvalue weighted by molar-refractivity contribution is 0.274. The van der Waals surface area contributed by atoms with Crippen molar-refractivity contribution in [3.63, 3.8) is 0 Å². The van der Waals surface area contributed by atoms with Crippen LogP contribution in [0.2, 0.25) is 0 Å². The van der Waals surface area contributed by atoms with E-state index in [0.29, 0.717) is 11.5 Å². The minimum atomic E-state index is 0.419. The van der Waals surface area contributed by atoms with Gasteiger partial charge in [-0.1, -0.05) is 68.7 Å². The number of nitrogens with one attached hydrogen (secondary N) is 1. The van der Waals surface area contributed by atoms with Crippen molar-refractivity contribution in [2.75, 3.05) is 6.54 Å². The van der Waals surface area contributed by atoms with E-state index in [-0.39, 0.29) is 0 Å². The summed E-state index contributed by atoms with van der Waals surface area (Å²) in [6.07, 6.45) is 4.84. The Hall–Kier alpha value is -0.340. The largest absolute Gasteiger partial charge is 0.314 e. The van der Waals surface area contributed by atoms with Gasteiger partial charge in [0, 0.05) is 10.5 Å². The van der Waals surface area contributed by atoms with Crippen LogP contribution >= 0.6 is 15.9 Å². The van der Waals surface area contributed by atoms with E-state index in [0.717, 1.165) is 18.9 Å². The van der Waals surface area contributed by atoms with E-state index >= 15 is 0 Å². The van der Waals surface area contributed by atoms with Crippen molar-refractivity contribution >= 4 is 15.9 Å². The van der Waals surface area contributed by atoms with E-state index in [2.05, 4.69) is 80.1 Å². The molecule has 0 aliphatic heterocycles. The van der Waals surface area contributed by atoms with Gasteiger partial charge < -0.3 is 5.32 Å². The number of hydrogen-bond acceptors (Lipinski definition) is 1. The second-order valence-electron chi connectivity index (χ2n) is 7.55. The highest BCUT2D eigenvalue weighted by atomic mass is 79.9. The summed E-state index contributed by atoms with van der Waals surface area (Å²) in [6.45, 7) is 12.8. The molecule has 0 fully saturated rings. The fourth-order valence-corrected chi connectivity index (χ4v) is 3.58. The maximum absolute atomic E-state index is 3.74. The Morgan fingerprint density at radius 3 is 2.43 bits per heavy atom. The highest BCUT2D eigenvalue weighted by Crippen LogP contribution is 2.28. The van der Waals surface area contributed by atoms with Crippen molar-refractivity contribution in [2.24, 2.45) is 11.3 Å². The molecule has 0 saturated carbocycles. The second kappa shape index (κ2) is 8.95. The predicted octanol–water partition coefficient (Wildman–Crippen LogP) is 5.82. The summed E-state index contributed by atoms with van der Waals surface area (Å²) < 4.78 is 1.23. The van der Waals surface area contributed by atoms with Crippen molar-refractivity contribution in [3.05, 3.63) is 34.3 Å². The van der Waals surface area contributed by atoms with E-state index in [4.69, 9.17) is 0 Å². The van der Waals surface area contributed by atoms with Crippen molar-refractivity contribution < 1.29 is 0 Å². The first-order valence-corrected chi connectivity index (χ1v) is 9.08. The van der Waals surface area contributed by atoms with Crippen LogP contribution in [-0.4, -0.2) is 12.6 Å². The maximum atomic E-state index is 3.74. The van der Waals surface area contributed by atoms with E-state index in [9.17, 15) is 0 Å². The van der Waals surface area contributed by atoms with Gasteiger partial charge in [-0.05, 0) is 55.2 Å². The second-order valence-corrected chi connectivity index (χ2v) is 8.41. The standard InChI is InChI=1S/C19H32BrN/c1-6-11-21-17(12-15(2)14-19(3,4)5)13-16-9-7-8-10-18(16)20/h7-10,15,17,21H,6,11-14H2,1-5H3.